The second-order valence-electron chi connectivity index (χ2n) is 5.63. The predicted octanol–water partition coefficient (Wildman–Crippen LogP) is 1.96. The van der Waals surface area contributed by atoms with Gasteiger partial charge in [-0.2, -0.15) is 0 Å². The Bertz CT molecular complexity index is 257. The van der Waals surface area contributed by atoms with Gasteiger partial charge in [0.15, 0.2) is 0 Å². The molecule has 1 aliphatic carbocycles. The van der Waals surface area contributed by atoms with E-state index in [2.05, 4.69) is 24.5 Å². The Balaban J connectivity index is 0.00000144. The van der Waals surface area contributed by atoms with Gasteiger partial charge in [-0.25, -0.2) is 0 Å². The van der Waals surface area contributed by atoms with Crippen LogP contribution in [-0.4, -0.2) is 25.5 Å². The fraction of sp³-hybridized carbons (Fsp3) is 0.923. The molecule has 1 saturated heterocycles. The van der Waals surface area contributed by atoms with E-state index in [-0.39, 0.29) is 24.2 Å². The number of carbonyl (C=O) groups excluding carboxylic acids is 1. The quantitative estimate of drug-likeness (QED) is 0.794. The van der Waals surface area contributed by atoms with Crippen molar-refractivity contribution in [1.29, 1.82) is 0 Å². The minimum absolute atomic E-state index is 0. The van der Waals surface area contributed by atoms with E-state index in [0.717, 1.165) is 19.6 Å². The average molecular weight is 261 g/mol. The van der Waals surface area contributed by atoms with Crippen LogP contribution in [0.3, 0.4) is 0 Å². The molecule has 1 atom stereocenters. The second kappa shape index (κ2) is 6.05. The van der Waals surface area contributed by atoms with Crippen molar-refractivity contribution < 1.29 is 4.79 Å². The van der Waals surface area contributed by atoms with Gasteiger partial charge in [-0.05, 0) is 43.7 Å². The Kier molecular flexibility index (Phi) is 5.26. The molecule has 3 nitrogen and oxygen atoms in total. The van der Waals surface area contributed by atoms with Crippen LogP contribution in [0.25, 0.3) is 0 Å². The van der Waals surface area contributed by atoms with Gasteiger partial charge < -0.3 is 10.6 Å². The molecule has 2 fully saturated rings. The summed E-state index contributed by atoms with van der Waals surface area (Å²) >= 11 is 0. The van der Waals surface area contributed by atoms with Crippen LogP contribution in [0.2, 0.25) is 0 Å². The molecule has 1 saturated carbocycles. The van der Waals surface area contributed by atoms with Gasteiger partial charge >= 0.3 is 0 Å². The van der Waals surface area contributed by atoms with E-state index >= 15 is 0 Å². The van der Waals surface area contributed by atoms with E-state index in [1.54, 1.807) is 0 Å². The topological polar surface area (TPSA) is 41.1 Å². The van der Waals surface area contributed by atoms with Crippen LogP contribution in [0.4, 0.5) is 0 Å². The molecule has 100 valence electrons. The van der Waals surface area contributed by atoms with E-state index < -0.39 is 0 Å². The third kappa shape index (κ3) is 3.14. The average Bonchev–Trinajstić information content (AvgIpc) is 2.13. The Labute approximate surface area is 111 Å². The first kappa shape index (κ1) is 14.8. The van der Waals surface area contributed by atoms with Crippen molar-refractivity contribution in [1.82, 2.24) is 10.6 Å². The highest BCUT2D eigenvalue weighted by Crippen LogP contribution is 2.43. The summed E-state index contributed by atoms with van der Waals surface area (Å²) in [5, 5.41) is 6.38. The Hall–Kier alpha value is -0.280. The molecule has 0 aromatic rings. The van der Waals surface area contributed by atoms with Crippen LogP contribution < -0.4 is 10.6 Å². The van der Waals surface area contributed by atoms with E-state index in [1.165, 1.54) is 25.7 Å². The number of rotatable bonds is 5. The number of carbonyl (C=O) groups is 1. The van der Waals surface area contributed by atoms with E-state index in [0.29, 0.717) is 11.3 Å². The fourth-order valence-corrected chi connectivity index (χ4v) is 2.65. The van der Waals surface area contributed by atoms with Crippen molar-refractivity contribution in [3.05, 3.63) is 0 Å². The van der Waals surface area contributed by atoms with Crippen LogP contribution in [0, 0.1) is 17.3 Å². The highest BCUT2D eigenvalue weighted by molar-refractivity contribution is 5.85. The highest BCUT2D eigenvalue weighted by atomic mass is 35.5. The molecule has 2 aliphatic rings. The summed E-state index contributed by atoms with van der Waals surface area (Å²) in [6.45, 7) is 7.21. The van der Waals surface area contributed by atoms with Crippen LogP contribution >= 0.6 is 12.4 Å². The first-order valence-corrected chi connectivity index (χ1v) is 6.65. The summed E-state index contributed by atoms with van der Waals surface area (Å²) in [5.74, 6) is 0.987. The SMILES string of the molecule is CCC1(CNC(=O)C(C)C2CNC2)CCC1.Cl. The molecule has 0 aromatic heterocycles. The van der Waals surface area contributed by atoms with Crippen molar-refractivity contribution in [3.63, 3.8) is 0 Å². The van der Waals surface area contributed by atoms with Gasteiger partial charge in [-0.3, -0.25) is 4.79 Å². The number of hydrogen-bond acceptors (Lipinski definition) is 2. The Morgan fingerprint density at radius 1 is 1.47 bits per heavy atom. The second-order valence-corrected chi connectivity index (χ2v) is 5.63. The molecule has 0 bridgehead atoms. The van der Waals surface area contributed by atoms with Crippen LogP contribution in [0.1, 0.15) is 39.5 Å². The molecule has 2 N–H and O–H groups in total. The van der Waals surface area contributed by atoms with Gasteiger partial charge in [0.25, 0.3) is 0 Å². The summed E-state index contributed by atoms with van der Waals surface area (Å²) in [7, 11) is 0. The molecule has 0 aromatic carbocycles. The van der Waals surface area contributed by atoms with Crippen molar-refractivity contribution in [2.24, 2.45) is 17.3 Å². The molecule has 2 rings (SSSR count). The van der Waals surface area contributed by atoms with Gasteiger partial charge in [0.1, 0.15) is 0 Å². The lowest BCUT2D eigenvalue weighted by Gasteiger charge is -2.42. The van der Waals surface area contributed by atoms with Crippen LogP contribution in [0.15, 0.2) is 0 Å². The van der Waals surface area contributed by atoms with Gasteiger partial charge in [0, 0.05) is 12.5 Å². The third-order valence-corrected chi connectivity index (χ3v) is 4.74. The number of hydrogen-bond donors (Lipinski definition) is 2. The predicted molar refractivity (Wildman–Crippen MR) is 72.4 cm³/mol. The molecule has 17 heavy (non-hydrogen) atoms. The lowest BCUT2D eigenvalue weighted by atomic mass is 9.67. The monoisotopic (exact) mass is 260 g/mol. The van der Waals surface area contributed by atoms with Crippen LogP contribution in [-0.2, 0) is 4.79 Å². The molecular weight excluding hydrogens is 236 g/mol. The molecule has 4 heteroatoms. The fourth-order valence-electron chi connectivity index (χ4n) is 2.65. The van der Waals surface area contributed by atoms with Gasteiger partial charge in [-0.1, -0.05) is 20.3 Å². The first-order valence-electron chi connectivity index (χ1n) is 6.65. The smallest absolute Gasteiger partial charge is 0.223 e. The Morgan fingerprint density at radius 3 is 2.47 bits per heavy atom. The summed E-state index contributed by atoms with van der Waals surface area (Å²) in [6.07, 6.45) is 5.13. The van der Waals surface area contributed by atoms with Crippen molar-refractivity contribution >= 4 is 18.3 Å². The maximum atomic E-state index is 11.9. The summed E-state index contributed by atoms with van der Waals surface area (Å²) in [5.41, 5.74) is 0.438. The zero-order valence-corrected chi connectivity index (χ0v) is 11.7. The van der Waals surface area contributed by atoms with Crippen molar-refractivity contribution in [3.8, 4) is 0 Å². The zero-order valence-electron chi connectivity index (χ0n) is 10.9. The molecule has 0 radical (unpaired) electrons. The zero-order chi connectivity index (χ0) is 11.6. The van der Waals surface area contributed by atoms with E-state index in [4.69, 9.17) is 0 Å². The molecular formula is C13H25ClN2O. The molecule has 1 heterocycles. The standard InChI is InChI=1S/C13H24N2O.ClH/c1-3-13(5-4-6-13)9-15-12(16)10(2)11-7-14-8-11;/h10-11,14H,3-9H2,1-2H3,(H,15,16);1H. The molecule has 1 aliphatic heterocycles. The maximum Gasteiger partial charge on any atom is 0.223 e. The summed E-state index contributed by atoms with van der Waals surface area (Å²) < 4.78 is 0. The number of amides is 1. The highest BCUT2D eigenvalue weighted by Gasteiger charge is 2.36. The van der Waals surface area contributed by atoms with E-state index in [1.807, 2.05) is 0 Å². The van der Waals surface area contributed by atoms with Gasteiger partial charge in [0.2, 0.25) is 5.91 Å². The molecule has 0 spiro atoms. The number of nitrogens with one attached hydrogen (secondary N) is 2. The van der Waals surface area contributed by atoms with Crippen molar-refractivity contribution in [2.45, 2.75) is 39.5 Å². The molecule has 1 amide bonds. The normalized spacial score (nSPS) is 23.9. The number of halogens is 1. The lowest BCUT2D eigenvalue weighted by Crippen LogP contribution is -2.51. The first-order chi connectivity index (χ1) is 7.67. The largest absolute Gasteiger partial charge is 0.355 e. The molecule has 1 unspecified atom stereocenters. The summed E-state index contributed by atoms with van der Waals surface area (Å²) in [6, 6.07) is 0. The van der Waals surface area contributed by atoms with Crippen LogP contribution in [0.5, 0.6) is 0 Å². The van der Waals surface area contributed by atoms with E-state index in [9.17, 15) is 4.79 Å². The maximum absolute atomic E-state index is 11.9. The lowest BCUT2D eigenvalue weighted by molar-refractivity contribution is -0.127. The Morgan fingerprint density at radius 2 is 2.12 bits per heavy atom. The summed E-state index contributed by atoms with van der Waals surface area (Å²) in [4.78, 5) is 11.9. The third-order valence-electron chi connectivity index (χ3n) is 4.74. The van der Waals surface area contributed by atoms with Gasteiger partial charge in [-0.15, -0.1) is 12.4 Å². The minimum atomic E-state index is 0. The van der Waals surface area contributed by atoms with Crippen molar-refractivity contribution in [2.75, 3.05) is 19.6 Å². The van der Waals surface area contributed by atoms with Gasteiger partial charge in [0.05, 0.1) is 0 Å². The minimum Gasteiger partial charge on any atom is -0.355 e.